The van der Waals surface area contributed by atoms with Crippen LogP contribution >= 0.6 is 0 Å². The van der Waals surface area contributed by atoms with Gasteiger partial charge in [-0.05, 0) is 203 Å². The van der Waals surface area contributed by atoms with Crippen molar-refractivity contribution in [3.63, 3.8) is 0 Å². The molecule has 0 amide bonds. The molecule has 0 aliphatic heterocycles. The average molecular weight is 1330 g/mol. The molecule has 0 saturated carbocycles. The molecule has 0 radical (unpaired) electrons. The fourth-order valence-electron chi connectivity index (χ4n) is 12.3. The standard InChI is InChI=1S/C25H29N.2C24H27N.C21H19F2N/c1-18-7-10-21(11-8-18)25(4,5)22-12-15-23(16-13-22)26(6)24-14-9-19(2)20(3)17-24;1-18-6-10-20(11-7-18)24(3,4)21-12-16-23(17-13-21)25(5)22-14-8-19(2)9-15-22;1-18-9-11-20(12-10-18)24(3,4)21-13-15-22(16-14-21)25(5)23-8-6-7-19(2)17-23;1-16-8-10-17(11-9-16)21(22,23)18-12-14-20(15-13-18)24(2)19-6-4-3-5-7-19/h7-17H,1-6H3;2*6-17H,1-5H3;3-15H,1-2H3. The number of anilines is 8. The second-order valence-corrected chi connectivity index (χ2v) is 28.6. The van der Waals surface area contributed by atoms with Gasteiger partial charge in [-0.15, -0.1) is 0 Å². The van der Waals surface area contributed by atoms with Gasteiger partial charge < -0.3 is 19.6 Å². The molecule has 0 N–H and O–H groups in total. The molecular weight excluding hydrogens is 1220 g/mol. The Morgan fingerprint density at radius 2 is 0.420 bits per heavy atom. The molecule has 0 aliphatic carbocycles. The molecule has 12 aromatic carbocycles. The maximum absolute atomic E-state index is 14.7. The highest BCUT2D eigenvalue weighted by Crippen LogP contribution is 2.40. The Bertz CT molecular complexity index is 4540. The lowest BCUT2D eigenvalue weighted by molar-refractivity contribution is 0.0428. The largest absolute Gasteiger partial charge is 0.345 e. The van der Waals surface area contributed by atoms with E-state index in [4.69, 9.17) is 0 Å². The average Bonchev–Trinajstić information content (AvgIpc) is 0.812. The van der Waals surface area contributed by atoms with Crippen molar-refractivity contribution in [1.29, 1.82) is 0 Å². The Balaban J connectivity index is 0.000000156. The van der Waals surface area contributed by atoms with Gasteiger partial charge >= 0.3 is 0 Å². The lowest BCUT2D eigenvalue weighted by Gasteiger charge is -2.27. The number of hydrogen-bond acceptors (Lipinski definition) is 4. The van der Waals surface area contributed by atoms with Gasteiger partial charge in [0.05, 0.1) is 0 Å². The summed E-state index contributed by atoms with van der Waals surface area (Å²) < 4.78 is 29.3. The molecule has 6 heteroatoms. The van der Waals surface area contributed by atoms with Crippen LogP contribution in [0.3, 0.4) is 0 Å². The van der Waals surface area contributed by atoms with Crippen molar-refractivity contribution in [2.24, 2.45) is 0 Å². The molecule has 512 valence electrons. The number of alkyl halides is 2. The molecule has 0 unspecified atom stereocenters. The third-order valence-corrected chi connectivity index (χ3v) is 20.1. The highest BCUT2D eigenvalue weighted by Gasteiger charge is 2.34. The monoisotopic (exact) mass is 1320 g/mol. The van der Waals surface area contributed by atoms with Gasteiger partial charge in [-0.2, -0.15) is 8.78 Å². The first-order valence-corrected chi connectivity index (χ1v) is 34.8. The van der Waals surface area contributed by atoms with E-state index < -0.39 is 5.92 Å². The summed E-state index contributed by atoms with van der Waals surface area (Å²) in [5.41, 5.74) is 27.2. The Labute approximate surface area is 597 Å². The smallest absolute Gasteiger partial charge is 0.298 e. The minimum Gasteiger partial charge on any atom is -0.345 e. The van der Waals surface area contributed by atoms with Crippen LogP contribution in [0.25, 0.3) is 0 Å². The van der Waals surface area contributed by atoms with Crippen LogP contribution in [-0.4, -0.2) is 28.2 Å². The first kappa shape index (κ1) is 73.9. The van der Waals surface area contributed by atoms with Crippen LogP contribution in [0, 0.1) is 55.4 Å². The van der Waals surface area contributed by atoms with Crippen molar-refractivity contribution in [3.05, 3.63) is 380 Å². The van der Waals surface area contributed by atoms with Crippen molar-refractivity contribution in [3.8, 4) is 0 Å². The molecule has 100 heavy (non-hydrogen) atoms. The number of nitrogens with zero attached hydrogens (tertiary/aromatic N) is 4. The number of hydrogen-bond donors (Lipinski definition) is 0. The van der Waals surface area contributed by atoms with Gasteiger partial charge in [0, 0.05) is 101 Å². The summed E-state index contributed by atoms with van der Waals surface area (Å²) in [5.74, 6) is -3.00. The predicted octanol–water partition coefficient (Wildman–Crippen LogP) is 25.4. The Morgan fingerprint density at radius 1 is 0.200 bits per heavy atom. The zero-order valence-electron chi connectivity index (χ0n) is 62.3. The van der Waals surface area contributed by atoms with E-state index in [0.29, 0.717) is 0 Å². The molecule has 0 heterocycles. The van der Waals surface area contributed by atoms with E-state index in [1.165, 1.54) is 131 Å². The fraction of sp³-hybridized carbons (Fsp3) is 0.234. The van der Waals surface area contributed by atoms with Gasteiger partial charge in [-0.1, -0.05) is 263 Å². The molecule has 0 aliphatic rings. The van der Waals surface area contributed by atoms with Crippen molar-refractivity contribution in [2.75, 3.05) is 47.8 Å². The van der Waals surface area contributed by atoms with Gasteiger partial charge in [-0.3, -0.25) is 0 Å². The summed E-state index contributed by atoms with van der Waals surface area (Å²) in [6.07, 6.45) is 0. The van der Waals surface area contributed by atoms with Gasteiger partial charge in [0.25, 0.3) is 5.92 Å². The first-order chi connectivity index (χ1) is 47.5. The number of halogens is 2. The summed E-state index contributed by atoms with van der Waals surface area (Å²) in [5, 5.41) is 0. The summed E-state index contributed by atoms with van der Waals surface area (Å²) in [4.78, 5) is 8.67. The van der Waals surface area contributed by atoms with E-state index in [-0.39, 0.29) is 27.4 Å². The van der Waals surface area contributed by atoms with Crippen LogP contribution < -0.4 is 19.6 Å². The predicted molar refractivity (Wildman–Crippen MR) is 427 cm³/mol. The molecule has 0 aromatic heterocycles. The molecule has 0 spiro atoms. The second-order valence-electron chi connectivity index (χ2n) is 28.6. The molecule has 12 rings (SSSR count). The minimum absolute atomic E-state index is 0.00318. The normalized spacial score (nSPS) is 11.4. The molecule has 12 aromatic rings. The van der Waals surface area contributed by atoms with Crippen LogP contribution in [0.2, 0.25) is 0 Å². The van der Waals surface area contributed by atoms with Crippen LogP contribution in [0.5, 0.6) is 0 Å². The van der Waals surface area contributed by atoms with Crippen LogP contribution in [0.1, 0.15) is 131 Å². The summed E-state index contributed by atoms with van der Waals surface area (Å²) >= 11 is 0. The lowest BCUT2D eigenvalue weighted by Crippen LogP contribution is -2.19. The Morgan fingerprint density at radius 3 is 0.720 bits per heavy atom. The second kappa shape index (κ2) is 32.1. The molecule has 0 saturated heterocycles. The van der Waals surface area contributed by atoms with Crippen molar-refractivity contribution >= 4 is 45.5 Å². The highest BCUT2D eigenvalue weighted by atomic mass is 19.3. The lowest BCUT2D eigenvalue weighted by atomic mass is 9.78. The third-order valence-electron chi connectivity index (χ3n) is 20.1. The maximum Gasteiger partial charge on any atom is 0.298 e. The van der Waals surface area contributed by atoms with E-state index in [9.17, 15) is 8.78 Å². The van der Waals surface area contributed by atoms with E-state index >= 15 is 0 Å². The van der Waals surface area contributed by atoms with Crippen molar-refractivity contribution in [1.82, 2.24) is 0 Å². The molecule has 4 nitrogen and oxygen atoms in total. The number of benzene rings is 12. The van der Waals surface area contributed by atoms with Crippen LogP contribution in [0.15, 0.2) is 291 Å². The zero-order valence-corrected chi connectivity index (χ0v) is 62.3. The number of para-hydroxylation sites is 1. The van der Waals surface area contributed by atoms with Gasteiger partial charge in [-0.25, -0.2) is 0 Å². The maximum atomic E-state index is 14.7. The van der Waals surface area contributed by atoms with E-state index in [0.717, 1.165) is 16.9 Å². The van der Waals surface area contributed by atoms with E-state index in [1.807, 2.05) is 49.2 Å². The van der Waals surface area contributed by atoms with Crippen LogP contribution in [-0.2, 0) is 22.2 Å². The van der Waals surface area contributed by atoms with Gasteiger partial charge in [0.2, 0.25) is 0 Å². The third kappa shape index (κ3) is 18.1. The summed E-state index contributed by atoms with van der Waals surface area (Å²) in [6.45, 7) is 30.6. The van der Waals surface area contributed by atoms with E-state index in [2.05, 4.69) is 338 Å². The van der Waals surface area contributed by atoms with Gasteiger partial charge in [0.1, 0.15) is 0 Å². The van der Waals surface area contributed by atoms with Crippen molar-refractivity contribution in [2.45, 2.75) is 119 Å². The Kier molecular flexibility index (Phi) is 23.8. The minimum atomic E-state index is -3.00. The summed E-state index contributed by atoms with van der Waals surface area (Å²) in [7, 11) is 8.28. The van der Waals surface area contributed by atoms with Gasteiger partial charge in [0.15, 0.2) is 0 Å². The highest BCUT2D eigenvalue weighted by molar-refractivity contribution is 5.67. The first-order valence-electron chi connectivity index (χ1n) is 34.8. The topological polar surface area (TPSA) is 13.0 Å². The van der Waals surface area contributed by atoms with Crippen molar-refractivity contribution < 1.29 is 8.78 Å². The zero-order chi connectivity index (χ0) is 72.1. The SMILES string of the molecule is Cc1ccc(C(C)(C)c2ccc(N(C)c3ccc(C)c(C)c3)cc2)cc1.Cc1ccc(C(C)(C)c2ccc(N(C)c3cccc(C)c3)cc2)cc1.Cc1ccc(C(F)(F)c2ccc(N(C)c3ccccc3)cc2)cc1.Cc1ccc(N(C)c2ccc(C(C)(C)c3ccc(C)cc3)cc2)cc1. The quantitative estimate of drug-likeness (QED) is 0.0956. The molecule has 0 fully saturated rings. The number of rotatable bonds is 16. The van der Waals surface area contributed by atoms with Crippen LogP contribution in [0.4, 0.5) is 54.3 Å². The molecule has 0 atom stereocenters. The van der Waals surface area contributed by atoms with E-state index in [1.54, 1.807) is 24.3 Å². The summed E-state index contributed by atoms with van der Waals surface area (Å²) in [6, 6.07) is 99.9. The molecular formula is C94H102F2N4. The number of aryl methyl sites for hydroxylation is 8. The fourth-order valence-corrected chi connectivity index (χ4v) is 12.3. The Hall–Kier alpha value is -10.3. The molecule has 0 bridgehead atoms.